The topological polar surface area (TPSA) is 71.8 Å². The molecule has 1 fully saturated rings. The predicted molar refractivity (Wildman–Crippen MR) is 110 cm³/mol. The summed E-state index contributed by atoms with van der Waals surface area (Å²) in [6.07, 6.45) is 4.58. The zero-order valence-corrected chi connectivity index (χ0v) is 16.3. The monoisotopic (exact) mass is 375 g/mol. The van der Waals surface area contributed by atoms with Gasteiger partial charge >= 0.3 is 0 Å². The lowest BCUT2D eigenvalue weighted by Gasteiger charge is -2.22. The van der Waals surface area contributed by atoms with Crippen LogP contribution in [0.15, 0.2) is 30.5 Å². The Morgan fingerprint density at radius 2 is 2.00 bits per heavy atom. The number of piperidine rings is 1. The van der Waals surface area contributed by atoms with Crippen LogP contribution in [0.1, 0.15) is 55.5 Å². The van der Waals surface area contributed by atoms with Gasteiger partial charge < -0.3 is 10.6 Å². The fraction of sp³-hybridized carbons (Fsp3) is 0.409. The van der Waals surface area contributed by atoms with Crippen LogP contribution in [0.3, 0.4) is 0 Å². The van der Waals surface area contributed by atoms with Crippen LogP contribution in [0, 0.1) is 0 Å². The molecule has 2 aliphatic heterocycles. The Morgan fingerprint density at radius 3 is 2.79 bits per heavy atom. The highest BCUT2D eigenvalue weighted by Crippen LogP contribution is 2.32. The average molecular weight is 375 g/mol. The van der Waals surface area contributed by atoms with E-state index < -0.39 is 0 Å². The Kier molecular flexibility index (Phi) is 4.16. The molecule has 0 bridgehead atoms. The van der Waals surface area contributed by atoms with E-state index in [0.717, 1.165) is 41.2 Å². The molecule has 4 heterocycles. The molecule has 144 valence electrons. The number of carbonyl (C=O) groups excluding carboxylic acids is 1. The van der Waals surface area contributed by atoms with Gasteiger partial charge in [-0.15, -0.1) is 0 Å². The summed E-state index contributed by atoms with van der Waals surface area (Å²) in [4.78, 5) is 21.2. The summed E-state index contributed by atoms with van der Waals surface area (Å²) in [6, 6.07) is 8.78. The molecule has 1 aromatic carbocycles. The Labute approximate surface area is 164 Å². The minimum absolute atomic E-state index is 0.00540. The van der Waals surface area contributed by atoms with Crippen LogP contribution in [0.2, 0.25) is 0 Å². The van der Waals surface area contributed by atoms with E-state index in [1.165, 1.54) is 18.4 Å². The van der Waals surface area contributed by atoms with Gasteiger partial charge in [0.1, 0.15) is 11.6 Å². The van der Waals surface area contributed by atoms with E-state index in [4.69, 9.17) is 4.98 Å². The SMILES string of the molecule is CC(C)c1nc2cc(C3CCNCC3)ccc2n1-c1cnc2c(c1)CC(=O)N2. The summed E-state index contributed by atoms with van der Waals surface area (Å²) in [5, 5.41) is 6.25. The largest absolute Gasteiger partial charge is 0.317 e. The normalized spacial score (nSPS) is 17.3. The van der Waals surface area contributed by atoms with Gasteiger partial charge in [-0.25, -0.2) is 9.97 Å². The maximum absolute atomic E-state index is 11.7. The zero-order chi connectivity index (χ0) is 19.3. The van der Waals surface area contributed by atoms with Crippen LogP contribution in [0.4, 0.5) is 5.82 Å². The number of hydrogen-bond donors (Lipinski definition) is 2. The molecule has 28 heavy (non-hydrogen) atoms. The van der Waals surface area contributed by atoms with Gasteiger partial charge in [-0.05, 0) is 55.6 Å². The first-order valence-corrected chi connectivity index (χ1v) is 10.1. The van der Waals surface area contributed by atoms with Crippen LogP contribution in [0.25, 0.3) is 16.7 Å². The van der Waals surface area contributed by atoms with Gasteiger partial charge in [0.25, 0.3) is 0 Å². The van der Waals surface area contributed by atoms with Crippen LogP contribution in [0.5, 0.6) is 0 Å². The number of fused-ring (bicyclic) bond motifs is 2. The number of hydrogen-bond acceptors (Lipinski definition) is 4. The fourth-order valence-corrected chi connectivity index (χ4v) is 4.40. The van der Waals surface area contributed by atoms with Crippen molar-refractivity contribution in [1.29, 1.82) is 0 Å². The van der Waals surface area contributed by atoms with E-state index in [1.54, 1.807) is 0 Å². The van der Waals surface area contributed by atoms with Crippen molar-refractivity contribution in [3.63, 3.8) is 0 Å². The number of nitrogens with zero attached hydrogens (tertiary/aromatic N) is 3. The molecule has 0 radical (unpaired) electrons. The molecule has 2 N–H and O–H groups in total. The second-order valence-electron chi connectivity index (χ2n) is 8.16. The van der Waals surface area contributed by atoms with E-state index in [2.05, 4.69) is 58.3 Å². The summed E-state index contributed by atoms with van der Waals surface area (Å²) >= 11 is 0. The first-order chi connectivity index (χ1) is 13.6. The van der Waals surface area contributed by atoms with Gasteiger partial charge in [0.2, 0.25) is 5.91 Å². The summed E-state index contributed by atoms with van der Waals surface area (Å²) < 4.78 is 2.20. The predicted octanol–water partition coefficient (Wildman–Crippen LogP) is 3.51. The highest BCUT2D eigenvalue weighted by atomic mass is 16.1. The van der Waals surface area contributed by atoms with Crippen molar-refractivity contribution in [2.75, 3.05) is 18.4 Å². The van der Waals surface area contributed by atoms with Gasteiger partial charge in [-0.1, -0.05) is 19.9 Å². The van der Waals surface area contributed by atoms with Crippen molar-refractivity contribution < 1.29 is 4.79 Å². The van der Waals surface area contributed by atoms with E-state index >= 15 is 0 Å². The number of nitrogens with one attached hydrogen (secondary N) is 2. The number of rotatable bonds is 3. The van der Waals surface area contributed by atoms with Gasteiger partial charge in [0, 0.05) is 11.5 Å². The average Bonchev–Trinajstić information content (AvgIpc) is 3.27. The fourth-order valence-electron chi connectivity index (χ4n) is 4.40. The molecular weight excluding hydrogens is 350 g/mol. The van der Waals surface area contributed by atoms with E-state index in [9.17, 15) is 4.79 Å². The molecule has 5 rings (SSSR count). The Morgan fingerprint density at radius 1 is 1.18 bits per heavy atom. The molecule has 0 unspecified atom stereocenters. The van der Waals surface area contributed by atoms with Crippen molar-refractivity contribution in [2.45, 2.75) is 44.9 Å². The number of imidazole rings is 1. The molecule has 1 saturated heterocycles. The first kappa shape index (κ1) is 17.4. The number of carbonyl (C=O) groups is 1. The van der Waals surface area contributed by atoms with Crippen molar-refractivity contribution in [3.8, 4) is 5.69 Å². The molecular formula is C22H25N5O. The van der Waals surface area contributed by atoms with Crippen LogP contribution in [-0.4, -0.2) is 33.5 Å². The molecule has 2 aliphatic rings. The van der Waals surface area contributed by atoms with E-state index in [-0.39, 0.29) is 11.8 Å². The second kappa shape index (κ2) is 6.71. The third kappa shape index (κ3) is 2.88. The molecule has 2 aromatic heterocycles. The third-order valence-corrected chi connectivity index (χ3v) is 5.85. The molecule has 0 atom stereocenters. The highest BCUT2D eigenvalue weighted by Gasteiger charge is 2.23. The quantitative estimate of drug-likeness (QED) is 0.735. The molecule has 1 amide bonds. The van der Waals surface area contributed by atoms with Gasteiger partial charge in [-0.3, -0.25) is 9.36 Å². The van der Waals surface area contributed by atoms with Crippen molar-refractivity contribution >= 4 is 22.8 Å². The standard InChI is InChI=1S/C22H25N5O/c1-13(2)22-25-18-10-15(14-5-7-23-8-6-14)3-4-19(18)27(22)17-9-16-11-20(28)26-21(16)24-12-17/h3-4,9-10,12-14,23H,5-8,11H2,1-2H3,(H,24,26,28). The van der Waals surface area contributed by atoms with Crippen LogP contribution >= 0.6 is 0 Å². The number of anilines is 1. The number of benzene rings is 1. The summed E-state index contributed by atoms with van der Waals surface area (Å²) in [7, 11) is 0. The maximum atomic E-state index is 11.7. The lowest BCUT2D eigenvalue weighted by Crippen LogP contribution is -2.26. The second-order valence-corrected chi connectivity index (χ2v) is 8.16. The maximum Gasteiger partial charge on any atom is 0.230 e. The Balaban J connectivity index is 1.62. The Hall–Kier alpha value is -2.73. The smallest absolute Gasteiger partial charge is 0.230 e. The first-order valence-electron chi connectivity index (χ1n) is 10.1. The minimum Gasteiger partial charge on any atom is -0.317 e. The van der Waals surface area contributed by atoms with E-state index in [0.29, 0.717) is 18.2 Å². The van der Waals surface area contributed by atoms with Crippen molar-refractivity contribution in [1.82, 2.24) is 19.9 Å². The van der Waals surface area contributed by atoms with Gasteiger partial charge in [0.15, 0.2) is 0 Å². The molecule has 0 saturated carbocycles. The van der Waals surface area contributed by atoms with E-state index in [1.807, 2.05) is 6.20 Å². The summed E-state index contributed by atoms with van der Waals surface area (Å²) in [5.74, 6) is 2.60. The van der Waals surface area contributed by atoms with Crippen LogP contribution in [-0.2, 0) is 11.2 Å². The minimum atomic E-state index is 0.00540. The molecule has 6 heteroatoms. The summed E-state index contributed by atoms with van der Waals surface area (Å²) in [5.41, 5.74) is 5.44. The van der Waals surface area contributed by atoms with Crippen molar-refractivity contribution in [2.24, 2.45) is 0 Å². The lowest BCUT2D eigenvalue weighted by molar-refractivity contribution is -0.115. The lowest BCUT2D eigenvalue weighted by atomic mass is 9.90. The molecule has 6 nitrogen and oxygen atoms in total. The highest BCUT2D eigenvalue weighted by molar-refractivity contribution is 5.98. The summed E-state index contributed by atoms with van der Waals surface area (Å²) in [6.45, 7) is 6.50. The molecule has 0 aliphatic carbocycles. The van der Waals surface area contributed by atoms with Gasteiger partial charge in [0.05, 0.1) is 29.3 Å². The van der Waals surface area contributed by atoms with Gasteiger partial charge in [-0.2, -0.15) is 0 Å². The number of amides is 1. The number of aromatic nitrogens is 3. The van der Waals surface area contributed by atoms with Crippen LogP contribution < -0.4 is 10.6 Å². The number of pyridine rings is 1. The zero-order valence-electron chi connectivity index (χ0n) is 16.3. The third-order valence-electron chi connectivity index (χ3n) is 5.85. The Bertz CT molecular complexity index is 1060. The van der Waals surface area contributed by atoms with Crippen molar-refractivity contribution in [3.05, 3.63) is 47.4 Å². The molecule has 0 spiro atoms. The molecule has 3 aromatic rings.